The molecular formula is C18H19NO4. The third kappa shape index (κ3) is 1.73. The number of amides is 1. The molecule has 5 heteroatoms. The number of ether oxygens (including phenoxy) is 2. The zero-order valence-corrected chi connectivity index (χ0v) is 13.2. The number of nitrogens with zero attached hydrogens (tertiary/aromatic N) is 1. The standard InChI is InChI=1S/C18H19NO4/c1-22-11-5-6-13-14(10-11)12-4-3-7-18(17(21)23-2)8-9-19(15(12)18)16(13)20/h3,5-7,10,12,15H,4,8-9H2,1-2H3/t12-,15+,18?/m0/s1. The summed E-state index contributed by atoms with van der Waals surface area (Å²) < 4.78 is 10.4. The number of hydrogen-bond donors (Lipinski definition) is 0. The Morgan fingerprint density at radius 2 is 2.17 bits per heavy atom. The van der Waals surface area contributed by atoms with Gasteiger partial charge in [-0.2, -0.15) is 0 Å². The highest BCUT2D eigenvalue weighted by molar-refractivity contribution is 5.99. The predicted octanol–water partition coefficient (Wildman–Crippen LogP) is 2.13. The lowest BCUT2D eigenvalue weighted by atomic mass is 9.66. The number of esters is 1. The summed E-state index contributed by atoms with van der Waals surface area (Å²) in [4.78, 5) is 27.3. The first-order valence-corrected chi connectivity index (χ1v) is 7.87. The molecule has 3 aliphatic rings. The van der Waals surface area contributed by atoms with E-state index in [1.807, 2.05) is 29.2 Å². The number of allylic oxidation sites excluding steroid dienone is 1. The van der Waals surface area contributed by atoms with Crippen LogP contribution in [0.15, 0.2) is 30.4 Å². The number of methoxy groups -OCH3 is 2. The van der Waals surface area contributed by atoms with Gasteiger partial charge in [0, 0.05) is 18.0 Å². The van der Waals surface area contributed by atoms with Crippen LogP contribution in [0.1, 0.15) is 34.7 Å². The summed E-state index contributed by atoms with van der Waals surface area (Å²) >= 11 is 0. The summed E-state index contributed by atoms with van der Waals surface area (Å²) in [6.07, 6.45) is 5.45. The van der Waals surface area contributed by atoms with Crippen molar-refractivity contribution in [3.8, 4) is 5.75 Å². The second-order valence-electron chi connectivity index (χ2n) is 6.42. The van der Waals surface area contributed by atoms with E-state index in [1.165, 1.54) is 7.11 Å². The summed E-state index contributed by atoms with van der Waals surface area (Å²) in [5.74, 6) is 0.598. The lowest BCUT2D eigenvalue weighted by Gasteiger charge is -2.45. The lowest BCUT2D eigenvalue weighted by molar-refractivity contribution is -0.151. The Bertz CT molecular complexity index is 726. The van der Waals surface area contributed by atoms with E-state index in [0.717, 1.165) is 23.3 Å². The maximum atomic E-state index is 12.9. The van der Waals surface area contributed by atoms with E-state index < -0.39 is 5.41 Å². The van der Waals surface area contributed by atoms with Crippen LogP contribution in [0.4, 0.5) is 0 Å². The van der Waals surface area contributed by atoms with Crippen LogP contribution in [0.5, 0.6) is 5.75 Å². The van der Waals surface area contributed by atoms with E-state index in [4.69, 9.17) is 9.47 Å². The first-order chi connectivity index (χ1) is 11.1. The molecule has 1 aliphatic carbocycles. The number of fused-ring (bicyclic) bond motifs is 2. The SMILES string of the molecule is COC(=O)C12C=CC[C@H]3c4cc(OC)ccc4C(=O)N(CC1)[C@H]32. The Hall–Kier alpha value is -2.30. The molecule has 0 aromatic heterocycles. The van der Waals surface area contributed by atoms with Gasteiger partial charge in [-0.3, -0.25) is 9.59 Å². The summed E-state index contributed by atoms with van der Waals surface area (Å²) in [5.41, 5.74) is 0.992. The van der Waals surface area contributed by atoms with Crippen molar-refractivity contribution < 1.29 is 19.1 Å². The van der Waals surface area contributed by atoms with E-state index in [0.29, 0.717) is 13.0 Å². The van der Waals surface area contributed by atoms with E-state index in [1.54, 1.807) is 7.11 Å². The normalized spacial score (nSPS) is 30.7. The van der Waals surface area contributed by atoms with Crippen LogP contribution in [0, 0.1) is 5.41 Å². The maximum Gasteiger partial charge on any atom is 0.317 e. The first kappa shape index (κ1) is 14.3. The second-order valence-corrected chi connectivity index (χ2v) is 6.42. The average Bonchev–Trinajstić information content (AvgIpc) is 3.00. The minimum Gasteiger partial charge on any atom is -0.497 e. The van der Waals surface area contributed by atoms with Crippen molar-refractivity contribution in [1.82, 2.24) is 4.90 Å². The second kappa shape index (κ2) is 4.85. The molecule has 5 nitrogen and oxygen atoms in total. The third-order valence-corrected chi connectivity index (χ3v) is 5.53. The molecule has 2 aliphatic heterocycles. The number of hydrogen-bond acceptors (Lipinski definition) is 4. The van der Waals surface area contributed by atoms with Gasteiger partial charge in [0.25, 0.3) is 5.91 Å². The van der Waals surface area contributed by atoms with Crippen molar-refractivity contribution in [3.63, 3.8) is 0 Å². The van der Waals surface area contributed by atoms with Gasteiger partial charge in [-0.15, -0.1) is 0 Å². The lowest BCUT2D eigenvalue weighted by Crippen LogP contribution is -2.53. The predicted molar refractivity (Wildman–Crippen MR) is 83.4 cm³/mol. The quantitative estimate of drug-likeness (QED) is 0.620. The Kier molecular flexibility index (Phi) is 3.01. The molecule has 4 rings (SSSR count). The summed E-state index contributed by atoms with van der Waals surface area (Å²) in [7, 11) is 3.03. The highest BCUT2D eigenvalue weighted by atomic mass is 16.5. The van der Waals surface area contributed by atoms with Crippen molar-refractivity contribution in [3.05, 3.63) is 41.5 Å². The molecule has 1 fully saturated rings. The molecule has 0 saturated carbocycles. The molecule has 0 spiro atoms. The molecule has 1 unspecified atom stereocenters. The van der Waals surface area contributed by atoms with Gasteiger partial charge < -0.3 is 14.4 Å². The highest BCUT2D eigenvalue weighted by Crippen LogP contribution is 2.53. The number of carbonyl (C=O) groups excluding carboxylic acids is 2. The Labute approximate surface area is 134 Å². The Balaban J connectivity index is 1.89. The van der Waals surface area contributed by atoms with Crippen molar-refractivity contribution >= 4 is 11.9 Å². The van der Waals surface area contributed by atoms with Crippen LogP contribution in [-0.4, -0.2) is 43.6 Å². The smallest absolute Gasteiger partial charge is 0.317 e. The third-order valence-electron chi connectivity index (χ3n) is 5.53. The van der Waals surface area contributed by atoms with Gasteiger partial charge in [-0.05, 0) is 36.6 Å². The van der Waals surface area contributed by atoms with Gasteiger partial charge in [0.2, 0.25) is 0 Å². The molecule has 120 valence electrons. The van der Waals surface area contributed by atoms with Crippen molar-refractivity contribution in [2.24, 2.45) is 5.41 Å². The Morgan fingerprint density at radius 3 is 2.91 bits per heavy atom. The number of carbonyl (C=O) groups is 2. The van der Waals surface area contributed by atoms with Gasteiger partial charge in [0.05, 0.1) is 20.3 Å². The molecule has 1 aromatic carbocycles. The maximum absolute atomic E-state index is 12.9. The monoisotopic (exact) mass is 313 g/mol. The summed E-state index contributed by atoms with van der Waals surface area (Å²) in [6.45, 7) is 0.588. The largest absolute Gasteiger partial charge is 0.497 e. The van der Waals surface area contributed by atoms with E-state index in [-0.39, 0.29) is 23.8 Å². The fraction of sp³-hybridized carbons (Fsp3) is 0.444. The molecular weight excluding hydrogens is 294 g/mol. The molecule has 0 bridgehead atoms. The van der Waals surface area contributed by atoms with Gasteiger partial charge in [0.15, 0.2) is 0 Å². The highest BCUT2D eigenvalue weighted by Gasteiger charge is 2.59. The summed E-state index contributed by atoms with van der Waals surface area (Å²) in [6, 6.07) is 5.43. The van der Waals surface area contributed by atoms with Gasteiger partial charge in [0.1, 0.15) is 11.2 Å². The minimum absolute atomic E-state index is 0.00461. The first-order valence-electron chi connectivity index (χ1n) is 7.87. The van der Waals surface area contributed by atoms with Crippen LogP contribution < -0.4 is 4.74 Å². The van der Waals surface area contributed by atoms with Crippen molar-refractivity contribution in [2.75, 3.05) is 20.8 Å². The molecule has 0 N–H and O–H groups in total. The van der Waals surface area contributed by atoms with Gasteiger partial charge in [-0.1, -0.05) is 12.2 Å². The topological polar surface area (TPSA) is 55.8 Å². The summed E-state index contributed by atoms with van der Waals surface area (Å²) in [5, 5.41) is 0. The van der Waals surface area contributed by atoms with Crippen LogP contribution in [0.2, 0.25) is 0 Å². The van der Waals surface area contributed by atoms with Crippen molar-refractivity contribution in [2.45, 2.75) is 24.8 Å². The molecule has 1 amide bonds. The van der Waals surface area contributed by atoms with Gasteiger partial charge in [-0.25, -0.2) is 0 Å². The van der Waals surface area contributed by atoms with E-state index in [2.05, 4.69) is 6.08 Å². The molecule has 2 heterocycles. The minimum atomic E-state index is -0.714. The molecule has 1 saturated heterocycles. The van der Waals surface area contributed by atoms with E-state index >= 15 is 0 Å². The fourth-order valence-electron chi connectivity index (χ4n) is 4.51. The average molecular weight is 313 g/mol. The molecule has 23 heavy (non-hydrogen) atoms. The molecule has 1 aromatic rings. The number of benzene rings is 1. The number of rotatable bonds is 2. The Morgan fingerprint density at radius 1 is 1.35 bits per heavy atom. The van der Waals surface area contributed by atoms with Crippen LogP contribution in [-0.2, 0) is 9.53 Å². The molecule has 0 radical (unpaired) electrons. The van der Waals surface area contributed by atoms with Crippen LogP contribution >= 0.6 is 0 Å². The zero-order valence-electron chi connectivity index (χ0n) is 13.2. The fourth-order valence-corrected chi connectivity index (χ4v) is 4.51. The van der Waals surface area contributed by atoms with Crippen LogP contribution in [0.25, 0.3) is 0 Å². The van der Waals surface area contributed by atoms with Gasteiger partial charge >= 0.3 is 5.97 Å². The molecule has 3 atom stereocenters. The van der Waals surface area contributed by atoms with Crippen molar-refractivity contribution in [1.29, 1.82) is 0 Å². The zero-order chi connectivity index (χ0) is 16.2. The van der Waals surface area contributed by atoms with E-state index in [9.17, 15) is 9.59 Å². The van der Waals surface area contributed by atoms with Crippen LogP contribution in [0.3, 0.4) is 0 Å².